The molecule has 17 heavy (non-hydrogen) atoms. The number of rotatable bonds is 3. The molecule has 2 nitrogen and oxygen atoms in total. The third-order valence-corrected chi connectivity index (χ3v) is 4.78. The molecule has 2 fully saturated rings. The summed E-state index contributed by atoms with van der Waals surface area (Å²) in [5, 5.41) is 0. The van der Waals surface area contributed by atoms with Crippen molar-refractivity contribution < 1.29 is 4.74 Å². The standard InChI is InChI=1S/C14H18INO/c15-16-8-12-6-7-13(9-16)14(12)17-10-11-4-2-1-3-5-11/h1-5,12-14H,6-10H2/t12-,13+,14+. The van der Waals surface area contributed by atoms with Crippen LogP contribution in [-0.4, -0.2) is 22.3 Å². The summed E-state index contributed by atoms with van der Waals surface area (Å²) in [6, 6.07) is 10.5. The largest absolute Gasteiger partial charge is 0.373 e. The predicted molar refractivity (Wildman–Crippen MR) is 76.8 cm³/mol. The van der Waals surface area contributed by atoms with Gasteiger partial charge < -0.3 is 4.74 Å². The molecule has 2 bridgehead atoms. The molecule has 0 amide bonds. The number of halogens is 1. The van der Waals surface area contributed by atoms with E-state index in [0.717, 1.165) is 18.4 Å². The van der Waals surface area contributed by atoms with Crippen molar-refractivity contribution in [3.8, 4) is 0 Å². The Morgan fingerprint density at radius 1 is 1.12 bits per heavy atom. The van der Waals surface area contributed by atoms with Crippen molar-refractivity contribution in [2.45, 2.75) is 25.6 Å². The van der Waals surface area contributed by atoms with Crippen LogP contribution in [0.3, 0.4) is 0 Å². The minimum atomic E-state index is 0.501. The van der Waals surface area contributed by atoms with Crippen LogP contribution in [0, 0.1) is 11.8 Å². The van der Waals surface area contributed by atoms with E-state index in [1.54, 1.807) is 0 Å². The summed E-state index contributed by atoms with van der Waals surface area (Å²) in [5.41, 5.74) is 1.30. The first-order chi connectivity index (χ1) is 8.33. The number of piperidine rings is 1. The number of benzene rings is 1. The Morgan fingerprint density at radius 3 is 2.41 bits per heavy atom. The minimum Gasteiger partial charge on any atom is -0.373 e. The SMILES string of the molecule is IN1C[C@H]2CC[C@@H](C1)[C@H]2OCc1ccccc1. The van der Waals surface area contributed by atoms with E-state index in [-0.39, 0.29) is 0 Å². The van der Waals surface area contributed by atoms with E-state index >= 15 is 0 Å². The van der Waals surface area contributed by atoms with Crippen molar-refractivity contribution in [3.63, 3.8) is 0 Å². The van der Waals surface area contributed by atoms with Gasteiger partial charge >= 0.3 is 0 Å². The highest BCUT2D eigenvalue weighted by atomic mass is 127. The molecular weight excluding hydrogens is 325 g/mol. The van der Waals surface area contributed by atoms with E-state index in [1.807, 2.05) is 0 Å². The lowest BCUT2D eigenvalue weighted by Crippen LogP contribution is -2.41. The number of nitrogens with zero attached hydrogens (tertiary/aromatic N) is 1. The van der Waals surface area contributed by atoms with E-state index in [4.69, 9.17) is 4.74 Å². The van der Waals surface area contributed by atoms with Gasteiger partial charge in [0.1, 0.15) is 0 Å². The average Bonchev–Trinajstić information content (AvgIpc) is 2.59. The van der Waals surface area contributed by atoms with E-state index in [2.05, 4.69) is 56.3 Å². The first-order valence-electron chi connectivity index (χ1n) is 6.39. The number of ether oxygens (including phenoxy) is 1. The zero-order valence-electron chi connectivity index (χ0n) is 9.89. The Bertz CT molecular complexity index is 356. The zero-order valence-corrected chi connectivity index (χ0v) is 12.0. The van der Waals surface area contributed by atoms with E-state index in [0.29, 0.717) is 6.10 Å². The lowest BCUT2D eigenvalue weighted by Gasteiger charge is -2.34. The molecule has 3 rings (SSSR count). The van der Waals surface area contributed by atoms with Gasteiger partial charge in [0.15, 0.2) is 0 Å². The highest BCUT2D eigenvalue weighted by molar-refractivity contribution is 14.1. The van der Waals surface area contributed by atoms with Crippen LogP contribution in [0.1, 0.15) is 18.4 Å². The van der Waals surface area contributed by atoms with Crippen LogP contribution in [-0.2, 0) is 11.3 Å². The van der Waals surface area contributed by atoms with Crippen LogP contribution in [0.4, 0.5) is 0 Å². The molecule has 92 valence electrons. The third-order valence-electron chi connectivity index (χ3n) is 3.99. The lowest BCUT2D eigenvalue weighted by molar-refractivity contribution is -0.0328. The van der Waals surface area contributed by atoms with Crippen molar-refractivity contribution in [1.82, 2.24) is 3.11 Å². The summed E-state index contributed by atoms with van der Waals surface area (Å²) in [7, 11) is 0. The van der Waals surface area contributed by atoms with Gasteiger partial charge in [-0.3, -0.25) is 0 Å². The van der Waals surface area contributed by atoms with Gasteiger partial charge in [-0.2, -0.15) is 0 Å². The van der Waals surface area contributed by atoms with E-state index in [9.17, 15) is 0 Å². The van der Waals surface area contributed by atoms with E-state index in [1.165, 1.54) is 31.5 Å². The maximum absolute atomic E-state index is 6.17. The maximum Gasteiger partial charge on any atom is 0.0720 e. The van der Waals surface area contributed by atoms with Gasteiger partial charge in [0, 0.05) is 36.0 Å². The number of hydrogen-bond donors (Lipinski definition) is 0. The molecule has 0 aromatic heterocycles. The second-order valence-corrected chi connectivity index (χ2v) is 6.55. The van der Waals surface area contributed by atoms with Gasteiger partial charge in [0.2, 0.25) is 0 Å². The number of fused-ring (bicyclic) bond motifs is 2. The number of hydrogen-bond acceptors (Lipinski definition) is 2. The van der Waals surface area contributed by atoms with Crippen LogP contribution in [0.25, 0.3) is 0 Å². The molecule has 0 radical (unpaired) electrons. The van der Waals surface area contributed by atoms with Crippen molar-refractivity contribution in [2.75, 3.05) is 13.1 Å². The van der Waals surface area contributed by atoms with Crippen LogP contribution < -0.4 is 0 Å². The van der Waals surface area contributed by atoms with Gasteiger partial charge in [-0.25, -0.2) is 3.11 Å². The van der Waals surface area contributed by atoms with Crippen molar-refractivity contribution in [1.29, 1.82) is 0 Å². The smallest absolute Gasteiger partial charge is 0.0720 e. The molecule has 3 atom stereocenters. The molecule has 1 aromatic carbocycles. The van der Waals surface area contributed by atoms with Crippen molar-refractivity contribution >= 4 is 22.9 Å². The monoisotopic (exact) mass is 343 g/mol. The highest BCUT2D eigenvalue weighted by Gasteiger charge is 2.42. The molecule has 0 spiro atoms. The van der Waals surface area contributed by atoms with Crippen LogP contribution in [0.15, 0.2) is 30.3 Å². The summed E-state index contributed by atoms with van der Waals surface area (Å²) in [4.78, 5) is 0. The Morgan fingerprint density at radius 2 is 1.76 bits per heavy atom. The normalized spacial score (nSPS) is 32.9. The minimum absolute atomic E-state index is 0.501. The molecule has 1 aliphatic carbocycles. The first kappa shape index (κ1) is 11.9. The molecular formula is C14H18INO. The zero-order chi connectivity index (χ0) is 11.7. The van der Waals surface area contributed by atoms with Crippen LogP contribution in [0.5, 0.6) is 0 Å². The topological polar surface area (TPSA) is 12.5 Å². The molecule has 1 saturated carbocycles. The Kier molecular flexibility index (Phi) is 3.68. The van der Waals surface area contributed by atoms with Gasteiger partial charge in [0.05, 0.1) is 12.7 Å². The lowest BCUT2D eigenvalue weighted by atomic mass is 9.96. The fraction of sp³-hybridized carbons (Fsp3) is 0.571. The molecule has 2 aliphatic rings. The summed E-state index contributed by atoms with van der Waals surface area (Å²) < 4.78 is 8.61. The molecule has 0 N–H and O–H groups in total. The summed E-state index contributed by atoms with van der Waals surface area (Å²) in [6.07, 6.45) is 3.20. The fourth-order valence-corrected chi connectivity index (χ4v) is 4.17. The maximum atomic E-state index is 6.17. The van der Waals surface area contributed by atoms with Crippen molar-refractivity contribution in [2.24, 2.45) is 11.8 Å². The summed E-state index contributed by atoms with van der Waals surface area (Å²) in [6.45, 7) is 3.19. The molecule has 1 heterocycles. The second kappa shape index (κ2) is 5.24. The Hall–Kier alpha value is -0.130. The second-order valence-electron chi connectivity index (χ2n) is 5.19. The molecule has 3 heteroatoms. The van der Waals surface area contributed by atoms with Crippen molar-refractivity contribution in [3.05, 3.63) is 35.9 Å². The third kappa shape index (κ3) is 2.66. The van der Waals surface area contributed by atoms with Gasteiger partial charge in [-0.05, 0) is 30.2 Å². The molecule has 0 unspecified atom stereocenters. The predicted octanol–water partition coefficient (Wildman–Crippen LogP) is 3.26. The fourth-order valence-electron chi connectivity index (χ4n) is 3.15. The van der Waals surface area contributed by atoms with Gasteiger partial charge in [-0.1, -0.05) is 30.3 Å². The Balaban J connectivity index is 1.60. The van der Waals surface area contributed by atoms with Crippen LogP contribution >= 0.6 is 22.9 Å². The summed E-state index contributed by atoms with van der Waals surface area (Å²) >= 11 is 2.45. The van der Waals surface area contributed by atoms with Gasteiger partial charge in [-0.15, -0.1) is 0 Å². The summed E-state index contributed by atoms with van der Waals surface area (Å²) in [5.74, 6) is 1.52. The molecule has 1 aromatic rings. The van der Waals surface area contributed by atoms with E-state index < -0.39 is 0 Å². The van der Waals surface area contributed by atoms with Gasteiger partial charge in [0.25, 0.3) is 0 Å². The highest BCUT2D eigenvalue weighted by Crippen LogP contribution is 2.40. The average molecular weight is 343 g/mol. The molecule has 1 aliphatic heterocycles. The first-order valence-corrected chi connectivity index (χ1v) is 7.35. The Labute approximate surface area is 117 Å². The van der Waals surface area contributed by atoms with Crippen LogP contribution in [0.2, 0.25) is 0 Å². The quantitative estimate of drug-likeness (QED) is 0.617. The molecule has 1 saturated heterocycles.